The summed E-state index contributed by atoms with van der Waals surface area (Å²) in [6, 6.07) is 5.60. The maximum atomic E-state index is 12.0. The van der Waals surface area contributed by atoms with Crippen molar-refractivity contribution < 1.29 is 22.7 Å². The Labute approximate surface area is 124 Å². The number of rotatable bonds is 5. The summed E-state index contributed by atoms with van der Waals surface area (Å²) >= 11 is 0. The predicted octanol–water partition coefficient (Wildman–Crippen LogP) is 1.80. The van der Waals surface area contributed by atoms with Crippen molar-refractivity contribution in [2.75, 3.05) is 12.3 Å². The van der Waals surface area contributed by atoms with Crippen LogP contribution in [0, 0.1) is 0 Å². The topological polar surface area (TPSA) is 89.5 Å². The molecule has 116 valence electrons. The summed E-state index contributed by atoms with van der Waals surface area (Å²) in [5.41, 5.74) is -0.228. The van der Waals surface area contributed by atoms with Crippen LogP contribution in [0.5, 0.6) is 0 Å². The molecule has 0 aromatic heterocycles. The first-order valence-electron chi connectivity index (χ1n) is 6.39. The highest BCUT2D eigenvalue weighted by atomic mass is 32.2. The normalized spacial score (nSPS) is 11.8. The lowest BCUT2D eigenvalue weighted by Gasteiger charge is -2.19. The Kier molecular flexibility index (Phi) is 5.48. The van der Waals surface area contributed by atoms with E-state index in [9.17, 15) is 18.0 Å². The highest BCUT2D eigenvalue weighted by Gasteiger charge is 2.18. The molecule has 0 bridgehead atoms. The molecule has 1 rings (SSSR count). The van der Waals surface area contributed by atoms with E-state index < -0.39 is 21.5 Å². The lowest BCUT2D eigenvalue weighted by molar-refractivity contribution is 0.0531. The van der Waals surface area contributed by atoms with Crippen molar-refractivity contribution in [1.82, 2.24) is 5.32 Å². The first-order chi connectivity index (χ1) is 9.64. The number of ether oxygens (including phenoxy) is 1. The van der Waals surface area contributed by atoms with Gasteiger partial charge in [-0.2, -0.15) is 0 Å². The first kappa shape index (κ1) is 17.2. The van der Waals surface area contributed by atoms with Gasteiger partial charge in [-0.3, -0.25) is 4.79 Å². The summed E-state index contributed by atoms with van der Waals surface area (Å²) in [6.07, 6.45) is -0.0190. The summed E-state index contributed by atoms with van der Waals surface area (Å²) in [5, 5.41) is 2.39. The molecule has 1 N–H and O–H groups in total. The summed E-state index contributed by atoms with van der Waals surface area (Å²) in [4.78, 5) is 22.0. The molecule has 0 fully saturated rings. The van der Waals surface area contributed by atoms with Crippen molar-refractivity contribution in [2.45, 2.75) is 31.3 Å². The van der Waals surface area contributed by atoms with Gasteiger partial charge in [0, 0.05) is 12.1 Å². The Hall–Kier alpha value is -1.89. The van der Waals surface area contributed by atoms with Crippen LogP contribution < -0.4 is 5.32 Å². The molecule has 1 amide bonds. The second-order valence-electron chi connectivity index (χ2n) is 5.43. The minimum atomic E-state index is -3.51. The van der Waals surface area contributed by atoms with Crippen LogP contribution in [0.2, 0.25) is 0 Å². The van der Waals surface area contributed by atoms with Gasteiger partial charge in [0.1, 0.15) is 11.9 Å². The van der Waals surface area contributed by atoms with Crippen molar-refractivity contribution in [2.24, 2.45) is 0 Å². The van der Waals surface area contributed by atoms with Gasteiger partial charge in [0.2, 0.25) is 0 Å². The standard InChI is InChI=1S/C14H19NO5S/c1-14(2,3)20-13(17)15-8-9-21(18,19)12-6-4-11(10-16)5-7-12/h4-7,10H,8-9H2,1-3H3,(H,15,17). The van der Waals surface area contributed by atoms with Gasteiger partial charge >= 0.3 is 6.09 Å². The van der Waals surface area contributed by atoms with Crippen LogP contribution in [0.15, 0.2) is 29.2 Å². The van der Waals surface area contributed by atoms with E-state index in [0.29, 0.717) is 11.8 Å². The van der Waals surface area contributed by atoms with E-state index in [1.807, 2.05) is 0 Å². The molecule has 1 aromatic carbocycles. The van der Waals surface area contributed by atoms with Gasteiger partial charge in [0.05, 0.1) is 10.6 Å². The number of alkyl carbamates (subject to hydrolysis) is 1. The number of sulfone groups is 1. The van der Waals surface area contributed by atoms with Crippen molar-refractivity contribution in [1.29, 1.82) is 0 Å². The number of carbonyl (C=O) groups is 2. The summed E-state index contributed by atoms with van der Waals surface area (Å²) in [6.45, 7) is 5.11. The number of hydrogen-bond donors (Lipinski definition) is 1. The van der Waals surface area contributed by atoms with E-state index in [0.717, 1.165) is 0 Å². The van der Waals surface area contributed by atoms with Crippen molar-refractivity contribution >= 4 is 22.2 Å². The summed E-state index contributed by atoms with van der Waals surface area (Å²) in [5.74, 6) is -0.243. The third-order valence-electron chi connectivity index (χ3n) is 2.41. The molecule has 7 heteroatoms. The largest absolute Gasteiger partial charge is 0.444 e. The molecule has 21 heavy (non-hydrogen) atoms. The van der Waals surface area contributed by atoms with E-state index in [-0.39, 0.29) is 17.2 Å². The van der Waals surface area contributed by atoms with Gasteiger partial charge in [-0.25, -0.2) is 13.2 Å². The minimum Gasteiger partial charge on any atom is -0.444 e. The molecule has 0 unspecified atom stereocenters. The Morgan fingerprint density at radius 2 is 1.81 bits per heavy atom. The molecule has 6 nitrogen and oxygen atoms in total. The fourth-order valence-electron chi connectivity index (χ4n) is 1.47. The van der Waals surface area contributed by atoms with E-state index in [4.69, 9.17) is 4.74 Å². The molecule has 0 aliphatic heterocycles. The second-order valence-corrected chi connectivity index (χ2v) is 7.54. The smallest absolute Gasteiger partial charge is 0.407 e. The fourth-order valence-corrected chi connectivity index (χ4v) is 2.63. The van der Waals surface area contributed by atoms with Gasteiger partial charge < -0.3 is 10.1 Å². The third kappa shape index (κ3) is 5.95. The molecule has 0 aliphatic carbocycles. The van der Waals surface area contributed by atoms with Gasteiger partial charge in [-0.15, -0.1) is 0 Å². The van der Waals surface area contributed by atoms with Crippen LogP contribution >= 0.6 is 0 Å². The van der Waals surface area contributed by atoms with Crippen LogP contribution in [-0.2, 0) is 14.6 Å². The predicted molar refractivity (Wildman–Crippen MR) is 78.1 cm³/mol. The van der Waals surface area contributed by atoms with Crippen molar-refractivity contribution in [3.05, 3.63) is 29.8 Å². The first-order valence-corrected chi connectivity index (χ1v) is 8.04. The summed E-state index contributed by atoms with van der Waals surface area (Å²) < 4.78 is 29.0. The molecule has 0 saturated heterocycles. The average molecular weight is 313 g/mol. The molecule has 0 radical (unpaired) electrons. The number of carbonyl (C=O) groups excluding carboxylic acids is 2. The maximum absolute atomic E-state index is 12.0. The van der Waals surface area contributed by atoms with Crippen molar-refractivity contribution in [3.63, 3.8) is 0 Å². The summed E-state index contributed by atoms with van der Waals surface area (Å²) in [7, 11) is -3.51. The van der Waals surface area contributed by atoms with E-state index in [2.05, 4.69) is 5.32 Å². The van der Waals surface area contributed by atoms with Gasteiger partial charge in [-0.05, 0) is 32.9 Å². The van der Waals surface area contributed by atoms with Crippen LogP contribution in [0.4, 0.5) is 4.79 Å². The number of hydrogen-bond acceptors (Lipinski definition) is 5. The Morgan fingerprint density at radius 3 is 2.29 bits per heavy atom. The molecule has 0 aliphatic rings. The van der Waals surface area contributed by atoms with E-state index >= 15 is 0 Å². The molecular formula is C14H19NO5S. The third-order valence-corrected chi connectivity index (χ3v) is 4.15. The molecule has 0 heterocycles. The van der Waals surface area contributed by atoms with Gasteiger partial charge in [0.15, 0.2) is 9.84 Å². The Balaban J connectivity index is 2.57. The van der Waals surface area contributed by atoms with Crippen molar-refractivity contribution in [3.8, 4) is 0 Å². The lowest BCUT2D eigenvalue weighted by atomic mass is 10.2. The molecule has 0 spiro atoms. The molecule has 0 saturated carbocycles. The minimum absolute atomic E-state index is 0.0489. The number of aldehydes is 1. The molecular weight excluding hydrogens is 294 g/mol. The monoisotopic (exact) mass is 313 g/mol. The number of benzene rings is 1. The highest BCUT2D eigenvalue weighted by Crippen LogP contribution is 2.11. The zero-order valence-corrected chi connectivity index (χ0v) is 13.1. The van der Waals surface area contributed by atoms with Gasteiger partial charge in [-0.1, -0.05) is 12.1 Å². The maximum Gasteiger partial charge on any atom is 0.407 e. The van der Waals surface area contributed by atoms with Crippen LogP contribution in [0.3, 0.4) is 0 Å². The fraction of sp³-hybridized carbons (Fsp3) is 0.429. The zero-order chi connectivity index (χ0) is 16.1. The van der Waals surface area contributed by atoms with E-state index in [1.165, 1.54) is 24.3 Å². The van der Waals surface area contributed by atoms with Crippen LogP contribution in [0.25, 0.3) is 0 Å². The zero-order valence-electron chi connectivity index (χ0n) is 12.3. The SMILES string of the molecule is CC(C)(C)OC(=O)NCCS(=O)(=O)c1ccc(C=O)cc1. The average Bonchev–Trinajstić information content (AvgIpc) is 2.36. The number of amides is 1. The number of nitrogens with one attached hydrogen (secondary N) is 1. The van der Waals surface area contributed by atoms with E-state index in [1.54, 1.807) is 20.8 Å². The van der Waals surface area contributed by atoms with Crippen LogP contribution in [0.1, 0.15) is 31.1 Å². The molecule has 0 atom stereocenters. The molecule has 1 aromatic rings. The lowest BCUT2D eigenvalue weighted by Crippen LogP contribution is -2.35. The van der Waals surface area contributed by atoms with Gasteiger partial charge in [0.25, 0.3) is 0 Å². The second kappa shape index (κ2) is 6.71. The Bertz CT molecular complexity index is 599. The quantitative estimate of drug-likeness (QED) is 0.837. The Morgan fingerprint density at radius 1 is 1.24 bits per heavy atom. The van der Waals surface area contributed by atoms with Crippen LogP contribution in [-0.4, -0.2) is 38.7 Å². The highest BCUT2D eigenvalue weighted by molar-refractivity contribution is 7.91.